The van der Waals surface area contributed by atoms with E-state index < -0.39 is 25.2 Å². The predicted molar refractivity (Wildman–Crippen MR) is 106 cm³/mol. The number of hydrogen-bond acceptors (Lipinski definition) is 4. The quantitative estimate of drug-likeness (QED) is 0.389. The maximum atomic E-state index is 6.59. The molecule has 0 aromatic carbocycles. The highest BCUT2D eigenvalue weighted by Crippen LogP contribution is 2.26. The fourth-order valence-corrected chi connectivity index (χ4v) is 15.5. The van der Waals surface area contributed by atoms with E-state index in [0.29, 0.717) is 0 Å². The molecular formula is C15H38N2O2Si3. The summed E-state index contributed by atoms with van der Waals surface area (Å²) in [5, 5.41) is 6.42. The lowest BCUT2D eigenvalue weighted by atomic mass is 10.5. The third-order valence-corrected chi connectivity index (χ3v) is 15.3. The van der Waals surface area contributed by atoms with Crippen LogP contribution in [0.2, 0.25) is 44.8 Å². The van der Waals surface area contributed by atoms with Crippen molar-refractivity contribution in [3.63, 3.8) is 0 Å². The van der Waals surface area contributed by atoms with Gasteiger partial charge in [0.1, 0.15) is 0 Å². The lowest BCUT2D eigenvalue weighted by Gasteiger charge is -2.39. The first-order chi connectivity index (χ1) is 10.1. The summed E-state index contributed by atoms with van der Waals surface area (Å²) < 4.78 is 13.2. The summed E-state index contributed by atoms with van der Waals surface area (Å²) in [6, 6.07) is 2.32. The Kier molecular flexibility index (Phi) is 10.3. The molecule has 0 fully saturated rings. The molecule has 0 spiro atoms. The molecule has 0 bridgehead atoms. The van der Waals surface area contributed by atoms with Crippen LogP contribution < -0.4 is 10.6 Å². The van der Waals surface area contributed by atoms with Crippen molar-refractivity contribution >= 4 is 25.2 Å². The summed E-state index contributed by atoms with van der Waals surface area (Å²) in [4.78, 5) is 0. The molecule has 132 valence electrons. The van der Waals surface area contributed by atoms with Crippen molar-refractivity contribution in [1.82, 2.24) is 10.6 Å². The highest BCUT2D eigenvalue weighted by atomic mass is 28.5. The van der Waals surface area contributed by atoms with Crippen molar-refractivity contribution in [2.75, 3.05) is 27.2 Å². The predicted octanol–water partition coefficient (Wildman–Crippen LogP) is 3.45. The van der Waals surface area contributed by atoms with E-state index >= 15 is 0 Å². The van der Waals surface area contributed by atoms with E-state index in [-0.39, 0.29) is 0 Å². The van der Waals surface area contributed by atoms with E-state index in [1.54, 1.807) is 0 Å². The summed E-state index contributed by atoms with van der Waals surface area (Å²) in [6.07, 6.45) is 2.33. The van der Waals surface area contributed by atoms with Crippen molar-refractivity contribution in [3.05, 3.63) is 12.3 Å². The number of hydrogen-bond donors (Lipinski definition) is 2. The zero-order valence-corrected chi connectivity index (χ0v) is 18.8. The molecule has 0 aliphatic heterocycles. The Morgan fingerprint density at radius 3 is 1.45 bits per heavy atom. The molecule has 0 unspecified atom stereocenters. The van der Waals surface area contributed by atoms with E-state index in [0.717, 1.165) is 25.2 Å². The first-order valence-corrected chi connectivity index (χ1v) is 17.1. The Bertz CT molecular complexity index is 302. The van der Waals surface area contributed by atoms with Gasteiger partial charge < -0.3 is 18.9 Å². The van der Waals surface area contributed by atoms with E-state index in [1.165, 1.54) is 12.8 Å². The minimum Gasteiger partial charge on any atom is -0.433 e. The summed E-state index contributed by atoms with van der Waals surface area (Å²) in [5.41, 5.74) is 1.98. The zero-order valence-electron chi connectivity index (χ0n) is 15.8. The van der Waals surface area contributed by atoms with Crippen LogP contribution in [0.1, 0.15) is 12.8 Å². The van der Waals surface area contributed by atoms with Gasteiger partial charge >= 0.3 is 8.56 Å². The van der Waals surface area contributed by atoms with Gasteiger partial charge in [0.15, 0.2) is 16.6 Å². The third kappa shape index (κ3) is 10.1. The van der Waals surface area contributed by atoms with E-state index in [4.69, 9.17) is 8.23 Å². The minimum atomic E-state index is -2.27. The molecule has 0 aliphatic carbocycles. The number of rotatable bonds is 13. The molecule has 0 radical (unpaired) electrons. The molecule has 0 aromatic rings. The Labute approximate surface area is 141 Å². The highest BCUT2D eigenvalue weighted by molar-refractivity contribution is 6.90. The van der Waals surface area contributed by atoms with Gasteiger partial charge in [-0.15, -0.1) is 6.58 Å². The zero-order chi connectivity index (χ0) is 17.3. The first-order valence-electron chi connectivity index (χ1n) is 8.43. The normalized spacial score (nSPS) is 13.4. The second-order valence-electron chi connectivity index (χ2n) is 7.36. The second kappa shape index (κ2) is 10.2. The van der Waals surface area contributed by atoms with Gasteiger partial charge in [-0.05, 0) is 84.8 Å². The number of nitrogens with one attached hydrogen (secondary N) is 2. The SMILES string of the molecule is C=C[Si](C)(O[Si](C)(C)CCCNC)O[Si](C)(C)CCCNC. The van der Waals surface area contributed by atoms with E-state index in [2.05, 4.69) is 49.9 Å². The second-order valence-corrected chi connectivity index (χ2v) is 19.5. The molecule has 0 aromatic heterocycles. The summed E-state index contributed by atoms with van der Waals surface area (Å²) >= 11 is 0. The largest absolute Gasteiger partial charge is 0.433 e. The van der Waals surface area contributed by atoms with Gasteiger partial charge in [-0.25, -0.2) is 0 Å². The van der Waals surface area contributed by atoms with E-state index in [9.17, 15) is 0 Å². The Morgan fingerprint density at radius 2 is 1.18 bits per heavy atom. The van der Waals surface area contributed by atoms with Crippen molar-refractivity contribution in [3.8, 4) is 0 Å². The van der Waals surface area contributed by atoms with Gasteiger partial charge in [-0.3, -0.25) is 0 Å². The fraction of sp³-hybridized carbons (Fsp3) is 0.867. The van der Waals surface area contributed by atoms with E-state index in [1.807, 2.05) is 19.8 Å². The summed E-state index contributed by atoms with van der Waals surface area (Å²) in [5.74, 6) is 0. The van der Waals surface area contributed by atoms with Crippen LogP contribution in [0.5, 0.6) is 0 Å². The van der Waals surface area contributed by atoms with Gasteiger partial charge in [0.2, 0.25) is 0 Å². The topological polar surface area (TPSA) is 42.5 Å². The minimum absolute atomic E-state index is 1.05. The van der Waals surface area contributed by atoms with Crippen LogP contribution in [-0.4, -0.2) is 52.4 Å². The Morgan fingerprint density at radius 1 is 0.818 bits per heavy atom. The Balaban J connectivity index is 4.64. The monoisotopic (exact) mass is 362 g/mol. The van der Waals surface area contributed by atoms with Crippen LogP contribution >= 0.6 is 0 Å². The van der Waals surface area contributed by atoms with Crippen molar-refractivity contribution in [1.29, 1.82) is 0 Å². The molecule has 7 heteroatoms. The smallest absolute Gasteiger partial charge is 0.340 e. The summed E-state index contributed by atoms with van der Waals surface area (Å²) in [7, 11) is -1.67. The van der Waals surface area contributed by atoms with Crippen LogP contribution in [0.15, 0.2) is 12.3 Å². The fourth-order valence-electron chi connectivity index (χ4n) is 2.69. The molecule has 4 nitrogen and oxygen atoms in total. The molecular weight excluding hydrogens is 324 g/mol. The van der Waals surface area contributed by atoms with Crippen molar-refractivity contribution in [2.45, 2.75) is 57.7 Å². The van der Waals surface area contributed by atoms with Crippen molar-refractivity contribution < 1.29 is 8.23 Å². The first kappa shape index (κ1) is 22.2. The molecule has 0 atom stereocenters. The third-order valence-electron chi connectivity index (χ3n) is 3.74. The van der Waals surface area contributed by atoms with Crippen LogP contribution in [0, 0.1) is 0 Å². The molecule has 0 saturated heterocycles. The standard InChI is InChI=1S/C15H38N2O2Si3/c1-9-22(8,18-20(4,5)14-10-12-16-2)19-21(6,7)15-11-13-17-3/h9,16-17H,1,10-15H2,2-8H3. The molecule has 0 rings (SSSR count). The molecule has 0 saturated carbocycles. The molecule has 2 N–H and O–H groups in total. The summed E-state index contributed by atoms with van der Waals surface area (Å²) in [6.45, 7) is 17.5. The lowest BCUT2D eigenvalue weighted by molar-refractivity contribution is 0.394. The van der Waals surface area contributed by atoms with Gasteiger partial charge in [-0.1, -0.05) is 5.70 Å². The lowest BCUT2D eigenvalue weighted by Crippen LogP contribution is -2.53. The Hall–Kier alpha value is 0.231. The van der Waals surface area contributed by atoms with Gasteiger partial charge in [0.25, 0.3) is 0 Å². The van der Waals surface area contributed by atoms with Crippen molar-refractivity contribution in [2.24, 2.45) is 0 Å². The van der Waals surface area contributed by atoms with Gasteiger partial charge in [0.05, 0.1) is 0 Å². The molecule has 22 heavy (non-hydrogen) atoms. The van der Waals surface area contributed by atoms with Crippen LogP contribution in [0.3, 0.4) is 0 Å². The highest BCUT2D eigenvalue weighted by Gasteiger charge is 2.40. The van der Waals surface area contributed by atoms with Crippen LogP contribution in [0.4, 0.5) is 0 Å². The van der Waals surface area contributed by atoms with Gasteiger partial charge in [0, 0.05) is 0 Å². The average molecular weight is 363 g/mol. The van der Waals surface area contributed by atoms with Crippen LogP contribution in [-0.2, 0) is 8.23 Å². The van der Waals surface area contributed by atoms with Crippen LogP contribution in [0.25, 0.3) is 0 Å². The molecule has 0 heterocycles. The molecule has 0 aliphatic rings. The maximum Gasteiger partial charge on any atom is 0.340 e. The van der Waals surface area contributed by atoms with Gasteiger partial charge in [-0.2, -0.15) is 0 Å². The molecule has 0 amide bonds. The maximum absolute atomic E-state index is 6.59. The average Bonchev–Trinajstić information content (AvgIpc) is 2.37.